The highest BCUT2D eigenvalue weighted by atomic mass is 16.5. The first kappa shape index (κ1) is 16.6. The van der Waals surface area contributed by atoms with Crippen LogP contribution in [0.5, 0.6) is 0 Å². The van der Waals surface area contributed by atoms with Crippen LogP contribution in [0.1, 0.15) is 37.2 Å². The van der Waals surface area contributed by atoms with Gasteiger partial charge in [0.2, 0.25) is 0 Å². The van der Waals surface area contributed by atoms with E-state index in [1.165, 1.54) is 23.6 Å². The predicted octanol–water partition coefficient (Wildman–Crippen LogP) is 2.66. The Hall–Kier alpha value is -1.85. The van der Waals surface area contributed by atoms with Crippen molar-refractivity contribution in [1.82, 2.24) is 9.88 Å². The van der Waals surface area contributed by atoms with Gasteiger partial charge in [0.25, 0.3) is 0 Å². The number of hydrogen-bond donors (Lipinski definition) is 2. The summed E-state index contributed by atoms with van der Waals surface area (Å²) in [6.45, 7) is 1.94. The molecule has 1 aliphatic carbocycles. The van der Waals surface area contributed by atoms with Crippen molar-refractivity contribution in [1.29, 1.82) is 0 Å². The molecular formula is C20H26N2O3. The fourth-order valence-electron chi connectivity index (χ4n) is 4.72. The molecule has 1 saturated carbocycles. The van der Waals surface area contributed by atoms with Crippen molar-refractivity contribution in [2.45, 2.75) is 43.7 Å². The van der Waals surface area contributed by atoms with Crippen molar-refractivity contribution in [3.63, 3.8) is 0 Å². The number of aliphatic hydroxyl groups excluding tert-OH is 1. The number of piperidine rings is 1. The highest BCUT2D eigenvalue weighted by molar-refractivity contribution is 5.83. The zero-order valence-corrected chi connectivity index (χ0v) is 14.6. The van der Waals surface area contributed by atoms with Gasteiger partial charge in [0.1, 0.15) is 0 Å². The fraction of sp³-hybridized carbons (Fsp3) is 0.550. The van der Waals surface area contributed by atoms with Gasteiger partial charge in [-0.15, -0.1) is 0 Å². The molecule has 2 aromatic rings. The van der Waals surface area contributed by atoms with E-state index in [4.69, 9.17) is 4.74 Å². The molecule has 1 aliphatic heterocycles. The van der Waals surface area contributed by atoms with Crippen molar-refractivity contribution < 1.29 is 14.6 Å². The smallest absolute Gasteiger partial charge is 0.308 e. The van der Waals surface area contributed by atoms with Gasteiger partial charge in [0.15, 0.2) is 0 Å². The third-order valence-corrected chi connectivity index (χ3v) is 6.09. The van der Waals surface area contributed by atoms with Gasteiger partial charge >= 0.3 is 5.97 Å². The molecule has 3 atom stereocenters. The van der Waals surface area contributed by atoms with E-state index >= 15 is 0 Å². The highest BCUT2D eigenvalue weighted by Crippen LogP contribution is 2.37. The molecule has 5 heteroatoms. The van der Waals surface area contributed by atoms with Crippen LogP contribution in [0, 0.1) is 5.92 Å². The number of fused-ring (bicyclic) bond motifs is 1. The van der Waals surface area contributed by atoms with Gasteiger partial charge in [-0.3, -0.25) is 9.69 Å². The average molecular weight is 342 g/mol. The standard InChI is InChI=1S/C20H26N2O3/c1-25-20(24)14-10-18(19(23)11-14)22-8-6-13(7-9-22)16-12-21-17-5-3-2-4-15(16)17/h2-5,12-14,18-19,21,23H,6-11H2,1H3/t14-,18+,19+/m0/s1. The van der Waals surface area contributed by atoms with E-state index in [-0.39, 0.29) is 17.9 Å². The Labute approximate surface area is 148 Å². The second-order valence-electron chi connectivity index (χ2n) is 7.43. The minimum atomic E-state index is -0.422. The zero-order chi connectivity index (χ0) is 17.4. The number of aromatic nitrogens is 1. The number of para-hydroxylation sites is 1. The number of nitrogens with one attached hydrogen (secondary N) is 1. The highest BCUT2D eigenvalue weighted by Gasteiger charge is 2.41. The van der Waals surface area contributed by atoms with E-state index in [1.54, 1.807) is 0 Å². The molecule has 2 aliphatic rings. The lowest BCUT2D eigenvalue weighted by molar-refractivity contribution is -0.145. The Kier molecular flexibility index (Phi) is 4.52. The first-order valence-corrected chi connectivity index (χ1v) is 9.23. The maximum atomic E-state index is 11.8. The third-order valence-electron chi connectivity index (χ3n) is 6.09. The van der Waals surface area contributed by atoms with E-state index in [1.807, 2.05) is 0 Å². The predicted molar refractivity (Wildman–Crippen MR) is 96.4 cm³/mol. The van der Waals surface area contributed by atoms with E-state index in [2.05, 4.69) is 40.3 Å². The first-order valence-electron chi connectivity index (χ1n) is 9.23. The molecule has 0 unspecified atom stereocenters. The van der Waals surface area contributed by atoms with Crippen LogP contribution < -0.4 is 0 Å². The van der Waals surface area contributed by atoms with Crippen LogP contribution >= 0.6 is 0 Å². The third kappa shape index (κ3) is 3.07. The van der Waals surface area contributed by atoms with Crippen LogP contribution in [0.3, 0.4) is 0 Å². The van der Waals surface area contributed by atoms with Crippen LogP contribution in [0.2, 0.25) is 0 Å². The molecule has 2 fully saturated rings. The monoisotopic (exact) mass is 342 g/mol. The molecule has 0 bridgehead atoms. The van der Waals surface area contributed by atoms with Crippen LogP contribution in [0.15, 0.2) is 30.5 Å². The van der Waals surface area contributed by atoms with Crippen molar-refractivity contribution in [2.24, 2.45) is 5.92 Å². The normalized spacial score (nSPS) is 28.5. The number of carbonyl (C=O) groups excluding carboxylic acids is 1. The molecule has 5 nitrogen and oxygen atoms in total. The van der Waals surface area contributed by atoms with Gasteiger partial charge < -0.3 is 14.8 Å². The minimum absolute atomic E-state index is 0.0908. The first-order chi connectivity index (χ1) is 12.2. The number of benzene rings is 1. The molecule has 4 rings (SSSR count). The number of carbonyl (C=O) groups is 1. The Morgan fingerprint density at radius 1 is 1.24 bits per heavy atom. The van der Waals surface area contributed by atoms with Gasteiger partial charge in [-0.2, -0.15) is 0 Å². The van der Waals surface area contributed by atoms with E-state index < -0.39 is 6.10 Å². The SMILES string of the molecule is COC(=O)[C@@H]1C[C@@H](O)[C@H](N2CCC(c3c[nH]c4ccccc34)CC2)C1. The Balaban J connectivity index is 1.41. The molecule has 1 aromatic heterocycles. The Morgan fingerprint density at radius 2 is 2.00 bits per heavy atom. The van der Waals surface area contributed by atoms with E-state index in [0.29, 0.717) is 18.8 Å². The lowest BCUT2D eigenvalue weighted by atomic mass is 9.88. The second kappa shape index (κ2) is 6.81. The topological polar surface area (TPSA) is 65.6 Å². The van der Waals surface area contributed by atoms with E-state index in [0.717, 1.165) is 25.9 Å². The van der Waals surface area contributed by atoms with Gasteiger partial charge in [0, 0.05) is 23.1 Å². The van der Waals surface area contributed by atoms with Gasteiger partial charge in [-0.25, -0.2) is 0 Å². The molecule has 1 saturated heterocycles. The number of hydrogen-bond acceptors (Lipinski definition) is 4. The van der Waals surface area contributed by atoms with Gasteiger partial charge in [0.05, 0.1) is 19.1 Å². The van der Waals surface area contributed by atoms with Crippen molar-refractivity contribution >= 4 is 16.9 Å². The van der Waals surface area contributed by atoms with Gasteiger partial charge in [-0.1, -0.05) is 18.2 Å². The summed E-state index contributed by atoms with van der Waals surface area (Å²) in [6.07, 6.45) is 5.16. The van der Waals surface area contributed by atoms with Gasteiger partial charge in [-0.05, 0) is 56.3 Å². The second-order valence-corrected chi connectivity index (χ2v) is 7.43. The number of likely N-dealkylation sites (tertiary alicyclic amines) is 1. The molecule has 0 amide bonds. The lowest BCUT2D eigenvalue weighted by Gasteiger charge is -2.37. The molecule has 0 spiro atoms. The number of methoxy groups -OCH3 is 1. The van der Waals surface area contributed by atoms with Crippen LogP contribution in [0.4, 0.5) is 0 Å². The molecule has 134 valence electrons. The molecular weight excluding hydrogens is 316 g/mol. The molecule has 2 N–H and O–H groups in total. The largest absolute Gasteiger partial charge is 0.469 e. The summed E-state index contributed by atoms with van der Waals surface area (Å²) in [5.74, 6) is 0.217. The number of aliphatic hydroxyl groups is 1. The molecule has 2 heterocycles. The number of H-pyrrole nitrogens is 1. The summed E-state index contributed by atoms with van der Waals surface area (Å²) < 4.78 is 4.85. The lowest BCUT2D eigenvalue weighted by Crippen LogP contribution is -2.44. The van der Waals surface area contributed by atoms with Crippen LogP contribution in [0.25, 0.3) is 10.9 Å². The van der Waals surface area contributed by atoms with Crippen molar-refractivity contribution in [3.8, 4) is 0 Å². The maximum Gasteiger partial charge on any atom is 0.308 e. The quantitative estimate of drug-likeness (QED) is 0.842. The summed E-state index contributed by atoms with van der Waals surface area (Å²) in [5.41, 5.74) is 2.61. The van der Waals surface area contributed by atoms with Crippen LogP contribution in [-0.4, -0.2) is 53.3 Å². The summed E-state index contributed by atoms with van der Waals surface area (Å²) in [5, 5.41) is 11.7. The minimum Gasteiger partial charge on any atom is -0.469 e. The number of rotatable bonds is 3. The summed E-state index contributed by atoms with van der Waals surface area (Å²) in [4.78, 5) is 17.5. The van der Waals surface area contributed by atoms with Crippen molar-refractivity contribution in [2.75, 3.05) is 20.2 Å². The van der Waals surface area contributed by atoms with Crippen molar-refractivity contribution in [3.05, 3.63) is 36.0 Å². The molecule has 25 heavy (non-hydrogen) atoms. The fourth-order valence-corrected chi connectivity index (χ4v) is 4.72. The summed E-state index contributed by atoms with van der Waals surface area (Å²) in [6, 6.07) is 8.56. The van der Waals surface area contributed by atoms with E-state index in [9.17, 15) is 9.90 Å². The average Bonchev–Trinajstić information content (AvgIpc) is 3.25. The summed E-state index contributed by atoms with van der Waals surface area (Å²) in [7, 11) is 1.43. The molecule has 0 radical (unpaired) electrons. The Bertz CT molecular complexity index is 748. The maximum absolute atomic E-state index is 11.8. The zero-order valence-electron chi connectivity index (χ0n) is 14.6. The number of nitrogens with zero attached hydrogens (tertiary/aromatic N) is 1. The number of aromatic amines is 1. The Morgan fingerprint density at radius 3 is 2.76 bits per heavy atom. The molecule has 1 aromatic carbocycles. The summed E-state index contributed by atoms with van der Waals surface area (Å²) >= 11 is 0. The number of ether oxygens (including phenoxy) is 1. The number of esters is 1. The van der Waals surface area contributed by atoms with Crippen LogP contribution in [-0.2, 0) is 9.53 Å².